The lowest BCUT2D eigenvalue weighted by molar-refractivity contribution is -0.165. The first-order chi connectivity index (χ1) is 38.0. The van der Waals surface area contributed by atoms with Crippen molar-refractivity contribution >= 4 is 40.0 Å². The molecule has 17 nitrogen and oxygen atoms in total. The summed E-state index contributed by atoms with van der Waals surface area (Å²) in [4.78, 5) is 59.8. The maximum absolute atomic E-state index is 15.3. The summed E-state index contributed by atoms with van der Waals surface area (Å²) in [5, 5.41) is 8.67. The number of piperidine rings is 1. The van der Waals surface area contributed by atoms with Crippen molar-refractivity contribution in [2.75, 3.05) is 79.5 Å². The van der Waals surface area contributed by atoms with Crippen LogP contribution in [0.1, 0.15) is 146 Å². The van der Waals surface area contributed by atoms with Crippen LogP contribution in [0.3, 0.4) is 0 Å². The number of hydrazine groups is 1. The molecule has 2 amide bonds. The average Bonchev–Trinajstić information content (AvgIpc) is 4.35. The first-order valence-electron chi connectivity index (χ1n) is 29.7. The van der Waals surface area contributed by atoms with Crippen LogP contribution >= 0.6 is 11.3 Å². The number of amides is 2. The number of fused-ring (bicyclic) bond motifs is 6. The first kappa shape index (κ1) is 55.2. The number of nitrogens with one attached hydrogen (secondary N) is 2. The average molecular weight is 1110 g/mol. The number of aromatic nitrogens is 3. The van der Waals surface area contributed by atoms with Crippen LogP contribution in [-0.4, -0.2) is 163 Å². The van der Waals surface area contributed by atoms with Gasteiger partial charge in [0.2, 0.25) is 5.91 Å². The molecular formula is C61H84N8O9S. The van der Waals surface area contributed by atoms with Crippen molar-refractivity contribution in [1.82, 2.24) is 40.1 Å². The highest BCUT2D eigenvalue weighted by atomic mass is 32.1. The Hall–Kier alpha value is -4.37. The molecule has 0 radical (unpaired) electrons. The van der Waals surface area contributed by atoms with Gasteiger partial charge in [0.05, 0.1) is 67.4 Å². The molecule has 1 spiro atoms. The number of cyclic esters (lactones) is 1. The van der Waals surface area contributed by atoms with Crippen LogP contribution < -0.4 is 10.7 Å². The number of thiazole rings is 1. The lowest BCUT2D eigenvalue weighted by Gasteiger charge is -2.55. The standard InChI is InChI=1S/C61H84N8O9S/c1-37-31-76-54(37)55(70)64-51-53(67-33-61(34-67)18-9-23-74-36-61)56-63-48(32-79-56)40-11-14-49-44(26-40)46(29-59(3,4)35-77-58(72)47-10-8-19-69(65-47)57(51)71)52(68(49)22-25-75-43-17-24-78-60(5,6)28-43)45-27-41(30-62-50(45)38(2)73-7)39-15-20-66(21-16-39)42-12-13-42/h11,14,26-27,30,32,37-39,42-43,47,51,53-54,65H,8-10,12-13,15-25,28-29,31,33-36H2,1-7H3,(H,64,70)/t37-,38-,43-,47-,51-,53-,54+/m0/s1. The maximum Gasteiger partial charge on any atom is 0.324 e. The van der Waals surface area contributed by atoms with E-state index in [2.05, 4.69) is 95.6 Å². The monoisotopic (exact) mass is 1100 g/mol. The smallest absolute Gasteiger partial charge is 0.324 e. The number of carbonyl (C=O) groups is 3. The SMILES string of the molecule is CO[C@@H](C)c1ncc(C2CCN(C3CC3)CC2)cc1-c1c2c3cc(ccc3n1CCO[C@H]1CCOC(C)(C)C1)-c1csc(n1)[C@@H](N1CC3(CCCOC3)C1)[C@H](NC(=O)[C@@H]1OC[C@@H]1C)C(=O)N1CCC[C@H](N1)C(=O)OCC(C)(C)C2. The highest BCUT2D eigenvalue weighted by molar-refractivity contribution is 7.10. The maximum atomic E-state index is 15.3. The first-order valence-corrected chi connectivity index (χ1v) is 30.5. The third-order valence-electron chi connectivity index (χ3n) is 18.6. The van der Waals surface area contributed by atoms with Crippen molar-refractivity contribution in [2.45, 2.75) is 173 Å². The van der Waals surface area contributed by atoms with Crippen LogP contribution in [0.4, 0.5) is 0 Å². The summed E-state index contributed by atoms with van der Waals surface area (Å²) in [5.74, 6) is -0.667. The molecule has 6 bridgehead atoms. The minimum Gasteiger partial charge on any atom is -0.464 e. The Morgan fingerprint density at radius 1 is 0.987 bits per heavy atom. The third kappa shape index (κ3) is 11.5. The molecule has 12 rings (SSSR count). The second-order valence-corrected chi connectivity index (χ2v) is 26.9. The predicted octanol–water partition coefficient (Wildman–Crippen LogP) is 8.14. The Kier molecular flexibility index (Phi) is 15.7. The number of esters is 1. The molecule has 7 aliphatic heterocycles. The fourth-order valence-electron chi connectivity index (χ4n) is 14.0. The van der Waals surface area contributed by atoms with Gasteiger partial charge >= 0.3 is 5.97 Å². The van der Waals surface area contributed by atoms with E-state index in [9.17, 15) is 9.59 Å². The zero-order valence-electron chi connectivity index (χ0n) is 47.7. The number of hydrogen-bond donors (Lipinski definition) is 2. The molecule has 8 aliphatic rings. The lowest BCUT2D eigenvalue weighted by atomic mass is 9.74. The molecule has 6 saturated heterocycles. The van der Waals surface area contributed by atoms with Crippen molar-refractivity contribution in [3.63, 3.8) is 0 Å². The largest absolute Gasteiger partial charge is 0.464 e. The van der Waals surface area contributed by atoms with E-state index in [1.54, 1.807) is 12.1 Å². The van der Waals surface area contributed by atoms with Gasteiger partial charge in [-0.3, -0.25) is 29.3 Å². The van der Waals surface area contributed by atoms with E-state index < -0.39 is 35.6 Å². The summed E-state index contributed by atoms with van der Waals surface area (Å²) < 4.78 is 39.8. The second-order valence-electron chi connectivity index (χ2n) is 26.0. The van der Waals surface area contributed by atoms with Crippen molar-refractivity contribution < 1.29 is 42.8 Å². The Bertz CT molecular complexity index is 2880. The number of methoxy groups -OCH3 is 1. The molecule has 2 N–H and O–H groups in total. The van der Waals surface area contributed by atoms with E-state index in [1.165, 1.54) is 29.7 Å². The molecule has 4 aromatic rings. The van der Waals surface area contributed by atoms with Crippen molar-refractivity contribution in [3.05, 3.63) is 57.7 Å². The van der Waals surface area contributed by atoms with Gasteiger partial charge in [-0.25, -0.2) is 10.4 Å². The van der Waals surface area contributed by atoms with Crippen LogP contribution in [0.5, 0.6) is 0 Å². The van der Waals surface area contributed by atoms with Crippen molar-refractivity contribution in [1.29, 1.82) is 0 Å². The number of pyridine rings is 1. The fourth-order valence-corrected chi connectivity index (χ4v) is 15.0. The molecule has 1 saturated carbocycles. The number of nitrogens with zero attached hydrogens (tertiary/aromatic N) is 6. The fraction of sp³-hybridized carbons (Fsp3) is 0.689. The van der Waals surface area contributed by atoms with E-state index >= 15 is 4.79 Å². The van der Waals surface area contributed by atoms with Gasteiger partial charge in [-0.15, -0.1) is 11.3 Å². The molecule has 428 valence electrons. The molecule has 79 heavy (non-hydrogen) atoms. The predicted molar refractivity (Wildman–Crippen MR) is 301 cm³/mol. The minimum atomic E-state index is -1.04. The van der Waals surface area contributed by atoms with Crippen LogP contribution in [0.2, 0.25) is 0 Å². The highest BCUT2D eigenvalue weighted by Crippen LogP contribution is 2.47. The van der Waals surface area contributed by atoms with E-state index in [0.717, 1.165) is 114 Å². The van der Waals surface area contributed by atoms with Gasteiger partial charge < -0.3 is 43.2 Å². The second kappa shape index (κ2) is 22.4. The lowest BCUT2D eigenvalue weighted by Crippen LogP contribution is -2.68. The number of rotatable bonds is 12. The number of hydrogen-bond acceptors (Lipinski definition) is 15. The molecular weight excluding hydrogens is 1020 g/mol. The summed E-state index contributed by atoms with van der Waals surface area (Å²) in [5.41, 5.74) is 10.6. The molecule has 7 fully saturated rings. The van der Waals surface area contributed by atoms with Gasteiger partial charge in [0.25, 0.3) is 5.91 Å². The number of ether oxygens (including phenoxy) is 6. The van der Waals surface area contributed by atoms with Gasteiger partial charge in [-0.05, 0) is 133 Å². The molecule has 18 heteroatoms. The number of carbonyl (C=O) groups excluding carboxylic acids is 3. The topological polar surface area (TPSA) is 171 Å². The normalized spacial score (nSPS) is 29.1. The number of benzene rings is 1. The molecule has 3 aromatic heterocycles. The van der Waals surface area contributed by atoms with Gasteiger partial charge in [0.15, 0.2) is 0 Å². The van der Waals surface area contributed by atoms with Gasteiger partial charge in [-0.1, -0.05) is 26.8 Å². The molecule has 1 aliphatic carbocycles. The summed E-state index contributed by atoms with van der Waals surface area (Å²) in [6, 6.07) is 7.44. The van der Waals surface area contributed by atoms with E-state index in [4.69, 9.17) is 38.4 Å². The van der Waals surface area contributed by atoms with E-state index in [0.29, 0.717) is 77.8 Å². The van der Waals surface area contributed by atoms with Gasteiger partial charge in [-0.2, -0.15) is 0 Å². The Labute approximate surface area is 470 Å². The minimum absolute atomic E-state index is 0.00896. The quantitative estimate of drug-likeness (QED) is 0.130. The van der Waals surface area contributed by atoms with Crippen LogP contribution in [0, 0.1) is 16.7 Å². The molecule has 10 heterocycles. The summed E-state index contributed by atoms with van der Waals surface area (Å²) >= 11 is 1.52. The Morgan fingerprint density at radius 2 is 1.81 bits per heavy atom. The molecule has 7 atom stereocenters. The zero-order valence-corrected chi connectivity index (χ0v) is 48.5. The molecule has 1 aromatic carbocycles. The summed E-state index contributed by atoms with van der Waals surface area (Å²) in [6.07, 6.45) is 11.3. The van der Waals surface area contributed by atoms with Gasteiger partial charge in [0, 0.05) is 109 Å². The van der Waals surface area contributed by atoms with Gasteiger partial charge in [0.1, 0.15) is 23.2 Å². The Balaban J connectivity index is 1.00. The Morgan fingerprint density at radius 3 is 2.53 bits per heavy atom. The molecule has 0 unspecified atom stereocenters. The van der Waals surface area contributed by atoms with Crippen molar-refractivity contribution in [3.8, 4) is 22.5 Å². The third-order valence-corrected chi connectivity index (χ3v) is 19.5. The van der Waals surface area contributed by atoms with E-state index in [1.807, 2.05) is 6.92 Å². The zero-order chi connectivity index (χ0) is 54.8. The van der Waals surface area contributed by atoms with Crippen LogP contribution in [0.15, 0.2) is 35.8 Å². The summed E-state index contributed by atoms with van der Waals surface area (Å²) in [6.45, 7) is 20.4. The number of likely N-dealkylation sites (tertiary alicyclic amines) is 2. The van der Waals surface area contributed by atoms with E-state index in [-0.39, 0.29) is 47.6 Å². The summed E-state index contributed by atoms with van der Waals surface area (Å²) in [7, 11) is 1.76. The van der Waals surface area contributed by atoms with Crippen LogP contribution in [-0.2, 0) is 55.8 Å². The highest BCUT2D eigenvalue weighted by Gasteiger charge is 2.52. The van der Waals surface area contributed by atoms with Crippen LogP contribution in [0.25, 0.3) is 33.4 Å². The van der Waals surface area contributed by atoms with Crippen molar-refractivity contribution in [2.24, 2.45) is 16.7 Å².